The highest BCUT2D eigenvalue weighted by molar-refractivity contribution is 7.13. The van der Waals surface area contributed by atoms with Crippen molar-refractivity contribution in [1.82, 2.24) is 15.0 Å². The largest absolute Gasteiger partial charge is 0.363 e. The predicted molar refractivity (Wildman–Crippen MR) is 74.7 cm³/mol. The smallest absolute Gasteiger partial charge is 0.284 e. The van der Waals surface area contributed by atoms with Crippen LogP contribution in [0.4, 0.5) is 5.13 Å². The highest BCUT2D eigenvalue weighted by Crippen LogP contribution is 2.16. The average Bonchev–Trinajstić information content (AvgIpc) is 3.05. The van der Waals surface area contributed by atoms with Gasteiger partial charge in [-0.2, -0.15) is 0 Å². The predicted octanol–water partition coefficient (Wildman–Crippen LogP) is 1.37. The lowest BCUT2D eigenvalue weighted by Crippen LogP contribution is -2.12. The third-order valence-electron chi connectivity index (χ3n) is 2.63. The molecule has 0 unspecified atom stereocenters. The second-order valence-corrected chi connectivity index (χ2v) is 4.87. The number of nitrogens with zero attached hydrogens (tertiary/aromatic N) is 2. The molecule has 0 aliphatic carbocycles. The molecular formula is C12H9N5O2S. The number of carbonyl (C=O) groups is 2. The van der Waals surface area contributed by atoms with Crippen LogP contribution >= 0.6 is 11.3 Å². The Morgan fingerprint density at radius 3 is 2.90 bits per heavy atom. The number of nitrogens with two attached hydrogens (primary N) is 1. The van der Waals surface area contributed by atoms with Crippen molar-refractivity contribution in [2.24, 2.45) is 5.73 Å². The van der Waals surface area contributed by atoms with Crippen LogP contribution in [-0.2, 0) is 0 Å². The lowest BCUT2D eigenvalue weighted by Gasteiger charge is -2.01. The summed E-state index contributed by atoms with van der Waals surface area (Å²) in [7, 11) is 0. The van der Waals surface area contributed by atoms with Crippen LogP contribution in [0.1, 0.15) is 21.0 Å². The Labute approximate surface area is 116 Å². The van der Waals surface area contributed by atoms with Crippen molar-refractivity contribution in [3.8, 4) is 0 Å². The quantitative estimate of drug-likeness (QED) is 0.675. The number of aromatic nitrogens is 3. The zero-order chi connectivity index (χ0) is 14.1. The first kappa shape index (κ1) is 12.3. The van der Waals surface area contributed by atoms with Gasteiger partial charge in [-0.25, -0.2) is 9.97 Å². The van der Waals surface area contributed by atoms with Crippen molar-refractivity contribution in [3.63, 3.8) is 0 Å². The number of H-pyrrole nitrogens is 1. The lowest BCUT2D eigenvalue weighted by molar-refractivity contribution is 0.0990. The highest BCUT2D eigenvalue weighted by atomic mass is 32.1. The van der Waals surface area contributed by atoms with E-state index in [1.165, 1.54) is 11.3 Å². The van der Waals surface area contributed by atoms with E-state index >= 15 is 0 Å². The molecule has 8 heteroatoms. The number of aromatic amines is 1. The second kappa shape index (κ2) is 4.74. The molecule has 2 heterocycles. The number of imidazole rings is 1. The summed E-state index contributed by atoms with van der Waals surface area (Å²) < 4.78 is 0. The van der Waals surface area contributed by atoms with E-state index in [0.717, 1.165) is 0 Å². The van der Waals surface area contributed by atoms with Crippen molar-refractivity contribution in [2.45, 2.75) is 0 Å². The van der Waals surface area contributed by atoms with E-state index in [1.54, 1.807) is 29.8 Å². The fourth-order valence-electron chi connectivity index (χ4n) is 1.72. The molecule has 0 radical (unpaired) electrons. The van der Waals surface area contributed by atoms with Gasteiger partial charge in [-0.15, -0.1) is 11.3 Å². The summed E-state index contributed by atoms with van der Waals surface area (Å²) in [6, 6.07) is 4.88. The lowest BCUT2D eigenvalue weighted by atomic mass is 10.2. The third kappa shape index (κ3) is 2.24. The Morgan fingerprint density at radius 1 is 1.35 bits per heavy atom. The number of carbonyl (C=O) groups excluding carboxylic acids is 2. The molecule has 0 bridgehead atoms. The summed E-state index contributed by atoms with van der Waals surface area (Å²) in [5.74, 6) is -0.857. The van der Waals surface area contributed by atoms with Crippen molar-refractivity contribution in [2.75, 3.05) is 5.32 Å². The minimum Gasteiger partial charge on any atom is -0.363 e. The number of benzene rings is 1. The van der Waals surface area contributed by atoms with Crippen LogP contribution in [-0.4, -0.2) is 26.8 Å². The van der Waals surface area contributed by atoms with E-state index in [9.17, 15) is 9.59 Å². The van der Waals surface area contributed by atoms with Crippen molar-refractivity contribution < 1.29 is 9.59 Å². The molecule has 7 nitrogen and oxygen atoms in total. The van der Waals surface area contributed by atoms with Crippen LogP contribution in [0.2, 0.25) is 0 Å². The molecule has 2 aromatic heterocycles. The van der Waals surface area contributed by atoms with Gasteiger partial charge in [0.2, 0.25) is 0 Å². The van der Waals surface area contributed by atoms with Crippen LogP contribution in [0.5, 0.6) is 0 Å². The molecule has 0 spiro atoms. The first-order valence-electron chi connectivity index (χ1n) is 5.64. The van der Waals surface area contributed by atoms with E-state index in [-0.39, 0.29) is 11.7 Å². The van der Waals surface area contributed by atoms with Crippen LogP contribution in [0.25, 0.3) is 11.0 Å². The zero-order valence-electron chi connectivity index (χ0n) is 10.1. The molecule has 3 aromatic rings. The number of fused-ring (bicyclic) bond motifs is 1. The van der Waals surface area contributed by atoms with Gasteiger partial charge in [0.15, 0.2) is 11.0 Å². The normalized spacial score (nSPS) is 10.6. The molecule has 0 saturated carbocycles. The van der Waals surface area contributed by atoms with E-state index in [4.69, 9.17) is 5.73 Å². The van der Waals surface area contributed by atoms with E-state index in [2.05, 4.69) is 20.3 Å². The Morgan fingerprint density at radius 2 is 2.20 bits per heavy atom. The minimum atomic E-state index is -0.644. The first-order chi connectivity index (χ1) is 9.63. The van der Waals surface area contributed by atoms with Gasteiger partial charge in [-0.1, -0.05) is 0 Å². The molecule has 4 N–H and O–H groups in total. The maximum absolute atomic E-state index is 12.0. The Kier molecular flexibility index (Phi) is 2.92. The first-order valence-corrected chi connectivity index (χ1v) is 6.52. The standard InChI is InChI=1S/C12H9N5O2S/c13-9(18)10-15-7-2-1-6(5-8(7)16-10)11(19)17-12-14-3-4-20-12/h1-5H,(H2,13,18)(H,15,16)(H,14,17,19). The summed E-state index contributed by atoms with van der Waals surface area (Å²) in [6.07, 6.45) is 1.61. The number of amides is 2. The Bertz CT molecular complexity index is 793. The molecule has 0 aliphatic heterocycles. The SMILES string of the molecule is NC(=O)c1nc2ccc(C(=O)Nc3nccs3)cc2[nH]1. The van der Waals surface area contributed by atoms with Gasteiger partial charge in [0.05, 0.1) is 11.0 Å². The summed E-state index contributed by atoms with van der Waals surface area (Å²) >= 11 is 1.33. The summed E-state index contributed by atoms with van der Waals surface area (Å²) in [5, 5.41) is 4.97. The van der Waals surface area contributed by atoms with Crippen LogP contribution in [0.3, 0.4) is 0 Å². The Balaban J connectivity index is 1.92. The van der Waals surface area contributed by atoms with Crippen LogP contribution in [0, 0.1) is 0 Å². The number of hydrogen-bond donors (Lipinski definition) is 3. The molecule has 3 rings (SSSR count). The molecule has 1 aromatic carbocycles. The average molecular weight is 287 g/mol. The topological polar surface area (TPSA) is 114 Å². The molecular weight excluding hydrogens is 278 g/mol. The monoisotopic (exact) mass is 287 g/mol. The molecule has 0 atom stereocenters. The van der Waals surface area contributed by atoms with Crippen molar-refractivity contribution in [1.29, 1.82) is 0 Å². The van der Waals surface area contributed by atoms with E-state index in [1.807, 2.05) is 0 Å². The van der Waals surface area contributed by atoms with Gasteiger partial charge in [-0.05, 0) is 18.2 Å². The van der Waals surface area contributed by atoms with Gasteiger partial charge in [0.25, 0.3) is 11.8 Å². The fraction of sp³-hybridized carbons (Fsp3) is 0. The van der Waals surface area contributed by atoms with E-state index in [0.29, 0.717) is 21.7 Å². The summed E-state index contributed by atoms with van der Waals surface area (Å²) in [5.41, 5.74) is 6.73. The molecule has 20 heavy (non-hydrogen) atoms. The second-order valence-electron chi connectivity index (χ2n) is 3.97. The van der Waals surface area contributed by atoms with Crippen molar-refractivity contribution in [3.05, 3.63) is 41.2 Å². The zero-order valence-corrected chi connectivity index (χ0v) is 10.9. The maximum atomic E-state index is 12.0. The Hall–Kier alpha value is -2.74. The molecule has 2 amide bonds. The number of rotatable bonds is 3. The molecule has 0 fully saturated rings. The summed E-state index contributed by atoms with van der Waals surface area (Å²) in [6.45, 7) is 0. The maximum Gasteiger partial charge on any atom is 0.284 e. The van der Waals surface area contributed by atoms with Gasteiger partial charge in [-0.3, -0.25) is 14.9 Å². The van der Waals surface area contributed by atoms with Crippen LogP contribution in [0.15, 0.2) is 29.8 Å². The summed E-state index contributed by atoms with van der Waals surface area (Å²) in [4.78, 5) is 33.8. The van der Waals surface area contributed by atoms with Crippen LogP contribution < -0.4 is 11.1 Å². The molecule has 100 valence electrons. The molecule has 0 saturated heterocycles. The third-order valence-corrected chi connectivity index (χ3v) is 3.32. The van der Waals surface area contributed by atoms with Gasteiger partial charge >= 0.3 is 0 Å². The fourth-order valence-corrected chi connectivity index (χ4v) is 2.25. The van der Waals surface area contributed by atoms with Gasteiger partial charge in [0.1, 0.15) is 0 Å². The number of thiazole rings is 1. The van der Waals surface area contributed by atoms with Gasteiger partial charge < -0.3 is 10.7 Å². The number of hydrogen-bond acceptors (Lipinski definition) is 5. The number of nitrogens with one attached hydrogen (secondary N) is 2. The number of primary amides is 1. The van der Waals surface area contributed by atoms with Gasteiger partial charge in [0, 0.05) is 17.1 Å². The number of anilines is 1. The van der Waals surface area contributed by atoms with E-state index < -0.39 is 5.91 Å². The molecule has 0 aliphatic rings. The minimum absolute atomic E-state index is 0.0671. The highest BCUT2D eigenvalue weighted by Gasteiger charge is 2.12. The van der Waals surface area contributed by atoms with Crippen molar-refractivity contribution >= 4 is 39.3 Å².